The molecule has 31 heavy (non-hydrogen) atoms. The van der Waals surface area contributed by atoms with Gasteiger partial charge in [-0.05, 0) is 36.6 Å². The van der Waals surface area contributed by atoms with Crippen LogP contribution in [0.2, 0.25) is 0 Å². The Morgan fingerprint density at radius 2 is 1.77 bits per heavy atom. The van der Waals surface area contributed by atoms with Crippen molar-refractivity contribution in [1.82, 2.24) is 4.98 Å². The van der Waals surface area contributed by atoms with Gasteiger partial charge in [0.1, 0.15) is 0 Å². The zero-order chi connectivity index (χ0) is 21.7. The number of hydrogen-bond acceptors (Lipinski definition) is 4. The minimum absolute atomic E-state index is 0. The van der Waals surface area contributed by atoms with E-state index in [0.717, 1.165) is 16.8 Å². The van der Waals surface area contributed by atoms with Gasteiger partial charge in [0.25, 0.3) is 0 Å². The van der Waals surface area contributed by atoms with Crippen LogP contribution in [0.15, 0.2) is 72.6 Å². The normalized spacial score (nSPS) is 10.8. The molecule has 1 radical (unpaired) electrons. The van der Waals surface area contributed by atoms with Crippen LogP contribution in [0.25, 0.3) is 31.8 Å². The Morgan fingerprint density at radius 1 is 1.06 bits per heavy atom. The van der Waals surface area contributed by atoms with Crippen LogP contribution in [-0.2, 0) is 24.9 Å². The Labute approximate surface area is 200 Å². The molecule has 2 aromatic heterocycles. The molecule has 0 aliphatic rings. The van der Waals surface area contributed by atoms with Crippen molar-refractivity contribution in [3.05, 3.63) is 89.8 Å². The first-order valence-electron chi connectivity index (χ1n) is 9.65. The summed E-state index contributed by atoms with van der Waals surface area (Å²) in [5, 5.41) is 9.61. The molecule has 0 saturated carbocycles. The van der Waals surface area contributed by atoms with Crippen molar-refractivity contribution in [3.63, 3.8) is 0 Å². The molecule has 0 aliphatic carbocycles. The summed E-state index contributed by atoms with van der Waals surface area (Å²) in [7, 11) is 0. The number of fused-ring (bicyclic) bond motifs is 1. The van der Waals surface area contributed by atoms with Gasteiger partial charge in [-0.1, -0.05) is 50.2 Å². The van der Waals surface area contributed by atoms with E-state index in [1.165, 1.54) is 46.0 Å². The first kappa shape index (κ1) is 24.7. The third kappa shape index (κ3) is 6.96. The number of rotatable bonds is 3. The Bertz CT molecular complexity index is 1190. The van der Waals surface area contributed by atoms with E-state index in [0.29, 0.717) is 0 Å². The molecule has 0 amide bonds. The van der Waals surface area contributed by atoms with E-state index in [1.54, 1.807) is 11.3 Å². The third-order valence-corrected chi connectivity index (χ3v) is 5.43. The minimum atomic E-state index is -0.125. The number of carbonyl (C=O) groups is 1. The second-order valence-corrected chi connectivity index (χ2v) is 8.32. The number of carbonyl (C=O) groups excluding carboxylic acids is 1. The van der Waals surface area contributed by atoms with Crippen molar-refractivity contribution in [2.45, 2.75) is 27.7 Å². The van der Waals surface area contributed by atoms with Gasteiger partial charge in [0.05, 0.1) is 10.5 Å². The number of nitrogens with zero attached hydrogens (tertiary/aromatic N) is 1. The second-order valence-electron chi connectivity index (χ2n) is 7.23. The molecule has 0 aliphatic heterocycles. The summed E-state index contributed by atoms with van der Waals surface area (Å²) < 4.78 is 1.22. The molecule has 0 bridgehead atoms. The maximum absolute atomic E-state index is 10.0. The maximum Gasteiger partial charge on any atom is 0.155 e. The fraction of sp³-hybridized carbons (Fsp3) is 0.154. The molecule has 0 unspecified atom stereocenters. The Hall–Kier alpha value is -2.59. The van der Waals surface area contributed by atoms with Crippen molar-refractivity contribution in [1.29, 1.82) is 0 Å². The summed E-state index contributed by atoms with van der Waals surface area (Å²) in [4.78, 5) is 15.9. The summed E-state index contributed by atoms with van der Waals surface area (Å²) >= 11 is 1.79. The second kappa shape index (κ2) is 11.1. The molecule has 0 atom stereocenters. The van der Waals surface area contributed by atoms with Gasteiger partial charge in [0, 0.05) is 37.3 Å². The molecule has 5 heteroatoms. The Balaban J connectivity index is 0.000000373. The van der Waals surface area contributed by atoms with Gasteiger partial charge in [-0.25, -0.2) is 0 Å². The fourth-order valence-corrected chi connectivity index (χ4v) is 4.18. The van der Waals surface area contributed by atoms with Crippen LogP contribution in [0.4, 0.5) is 0 Å². The van der Waals surface area contributed by atoms with Gasteiger partial charge in [-0.2, -0.15) is 0 Å². The monoisotopic (exact) mass is 607 g/mol. The maximum atomic E-state index is 10.0. The van der Waals surface area contributed by atoms with Crippen molar-refractivity contribution in [2.75, 3.05) is 0 Å². The van der Waals surface area contributed by atoms with E-state index in [9.17, 15) is 4.79 Å². The molecule has 2 heterocycles. The van der Waals surface area contributed by atoms with Gasteiger partial charge in [0.2, 0.25) is 0 Å². The number of hydrogen-bond donors (Lipinski definition) is 1. The van der Waals surface area contributed by atoms with Crippen LogP contribution in [0.5, 0.6) is 0 Å². The molecule has 2 aromatic carbocycles. The Morgan fingerprint density at radius 3 is 2.35 bits per heavy atom. The summed E-state index contributed by atoms with van der Waals surface area (Å²) in [5.74, 6) is -0.0625. The predicted octanol–water partition coefficient (Wildman–Crippen LogP) is 7.08. The smallest absolute Gasteiger partial charge is 0.155 e. The molecule has 0 spiro atoms. The number of aliphatic hydroxyl groups excluding tert-OH is 1. The van der Waals surface area contributed by atoms with Gasteiger partial charge in [0.15, 0.2) is 5.78 Å². The van der Waals surface area contributed by atoms with Crippen LogP contribution in [0.3, 0.4) is 0 Å². The predicted molar refractivity (Wildman–Crippen MR) is 126 cm³/mol. The van der Waals surface area contributed by atoms with Gasteiger partial charge in [-0.15, -0.1) is 46.2 Å². The molecular weight excluding hydrogens is 583 g/mol. The summed E-state index contributed by atoms with van der Waals surface area (Å²) in [6.45, 7) is 7.04. The SMILES string of the molecule is CC(=O)/C=C(/C)O.Cc1[c-]c(-c2cc3cc(-c4ccccc4)sc3cn2)cc(C)c1.[Ir]. The molecule has 0 fully saturated rings. The first-order valence-corrected chi connectivity index (χ1v) is 10.5. The number of thiophene rings is 1. The summed E-state index contributed by atoms with van der Waals surface area (Å²) in [6.07, 6.45) is 3.15. The molecule has 3 nitrogen and oxygen atoms in total. The molecule has 4 aromatic rings. The van der Waals surface area contributed by atoms with E-state index in [-0.39, 0.29) is 31.6 Å². The van der Waals surface area contributed by atoms with E-state index in [4.69, 9.17) is 5.11 Å². The molecule has 1 N–H and O–H groups in total. The van der Waals surface area contributed by atoms with Crippen molar-refractivity contribution in [3.8, 4) is 21.7 Å². The van der Waals surface area contributed by atoms with Crippen LogP contribution in [0.1, 0.15) is 25.0 Å². The molecular formula is C26H24IrNO2S-. The molecule has 4 rings (SSSR count). The number of ketones is 1. The standard InChI is InChI=1S/C21H16NS.C5H8O2.Ir/c1-14-8-15(2)10-17(9-14)19-11-18-12-20(23-21(18)13-22-19)16-6-4-3-5-7-16;1-4(6)3-5(2)7;/h3-9,11-13H,1-2H3;3,6H,1-2H3;/q-1;;/b;4-3-;. The Kier molecular flexibility index (Phi) is 8.87. The van der Waals surface area contributed by atoms with Crippen LogP contribution < -0.4 is 0 Å². The van der Waals surface area contributed by atoms with Crippen LogP contribution in [-0.4, -0.2) is 15.9 Å². The van der Waals surface area contributed by atoms with Gasteiger partial charge in [-0.3, -0.25) is 4.79 Å². The fourth-order valence-electron chi connectivity index (χ4n) is 3.17. The number of allylic oxidation sites excluding steroid dienone is 2. The quantitative estimate of drug-likeness (QED) is 0.154. The number of aromatic nitrogens is 1. The van der Waals surface area contributed by atoms with Gasteiger partial charge >= 0.3 is 0 Å². The topological polar surface area (TPSA) is 50.2 Å². The summed E-state index contributed by atoms with van der Waals surface area (Å²) in [6, 6.07) is 22.6. The van der Waals surface area contributed by atoms with Crippen molar-refractivity contribution in [2.24, 2.45) is 0 Å². The third-order valence-electron chi connectivity index (χ3n) is 4.30. The number of benzene rings is 2. The van der Waals surface area contributed by atoms with Gasteiger partial charge < -0.3 is 10.1 Å². The molecule has 0 saturated heterocycles. The number of pyridine rings is 1. The molecule has 161 valence electrons. The average Bonchev–Trinajstić information content (AvgIpc) is 3.11. The zero-order valence-corrected chi connectivity index (χ0v) is 21.1. The van der Waals surface area contributed by atoms with E-state index in [1.807, 2.05) is 12.3 Å². The number of aliphatic hydroxyl groups is 1. The van der Waals surface area contributed by atoms with Crippen LogP contribution in [0, 0.1) is 19.9 Å². The van der Waals surface area contributed by atoms with E-state index < -0.39 is 0 Å². The van der Waals surface area contributed by atoms with Crippen molar-refractivity contribution < 1.29 is 30.0 Å². The van der Waals surface area contributed by atoms with E-state index >= 15 is 0 Å². The average molecular weight is 607 g/mol. The van der Waals surface area contributed by atoms with Crippen molar-refractivity contribution >= 4 is 27.2 Å². The largest absolute Gasteiger partial charge is 0.512 e. The number of aryl methyl sites for hydroxylation is 2. The first-order chi connectivity index (χ1) is 14.3. The summed E-state index contributed by atoms with van der Waals surface area (Å²) in [5.41, 5.74) is 5.71. The van der Waals surface area contributed by atoms with E-state index in [2.05, 4.69) is 73.4 Å². The van der Waals surface area contributed by atoms with Crippen LogP contribution >= 0.6 is 11.3 Å². The minimum Gasteiger partial charge on any atom is -0.512 e. The zero-order valence-electron chi connectivity index (χ0n) is 17.9.